The largest absolute Gasteiger partial charge is 0.429 e. The second-order valence-electron chi connectivity index (χ2n) is 8.68. The molecule has 1 unspecified atom stereocenters. The van der Waals surface area contributed by atoms with Gasteiger partial charge in [-0.1, -0.05) is 38.8 Å². The molecule has 0 saturated heterocycles. The lowest BCUT2D eigenvalue weighted by Crippen LogP contribution is -2.48. The van der Waals surface area contributed by atoms with Gasteiger partial charge in [-0.3, -0.25) is 0 Å². The van der Waals surface area contributed by atoms with Crippen molar-refractivity contribution in [2.24, 2.45) is 22.7 Å². The monoisotopic (exact) mass is 318 g/mol. The second-order valence-corrected chi connectivity index (χ2v) is 8.68. The summed E-state index contributed by atoms with van der Waals surface area (Å²) in [6, 6.07) is 0. The van der Waals surface area contributed by atoms with Gasteiger partial charge in [0.15, 0.2) is 0 Å². The van der Waals surface area contributed by atoms with E-state index >= 15 is 0 Å². The van der Waals surface area contributed by atoms with Crippen molar-refractivity contribution in [2.45, 2.75) is 72.5 Å². The lowest BCUT2D eigenvalue weighted by molar-refractivity contribution is -0.151. The molecule has 1 N–H and O–H groups in total. The fraction of sp³-hybridized carbons (Fsp3) is 0.750. The van der Waals surface area contributed by atoms with Crippen LogP contribution in [-0.4, -0.2) is 17.4 Å². The van der Waals surface area contributed by atoms with Crippen molar-refractivity contribution in [3.63, 3.8) is 0 Å². The lowest BCUT2D eigenvalue weighted by Gasteiger charge is -2.57. The number of carbonyl (C=O) groups excluding carboxylic acids is 1. The van der Waals surface area contributed by atoms with Crippen LogP contribution in [0.4, 0.5) is 0 Å². The zero-order chi connectivity index (χ0) is 16.8. The quantitative estimate of drug-likeness (QED) is 0.621. The first-order chi connectivity index (χ1) is 10.7. The summed E-state index contributed by atoms with van der Waals surface area (Å²) in [4.78, 5) is 11.3. The molecule has 0 aromatic carbocycles. The smallest absolute Gasteiger partial charge is 0.333 e. The molecule has 3 heteroatoms. The number of allylic oxidation sites excluding steroid dienone is 2. The van der Waals surface area contributed by atoms with E-state index in [1.807, 2.05) is 0 Å². The third-order valence-electron chi connectivity index (χ3n) is 6.87. The second kappa shape index (κ2) is 5.77. The Kier molecular flexibility index (Phi) is 4.20. The number of rotatable bonds is 3. The van der Waals surface area contributed by atoms with Crippen molar-refractivity contribution >= 4 is 5.97 Å². The maximum absolute atomic E-state index is 11.3. The minimum atomic E-state index is -1.03. The highest BCUT2D eigenvalue weighted by molar-refractivity contribution is 5.85. The van der Waals surface area contributed by atoms with E-state index in [0.717, 1.165) is 24.3 Å². The summed E-state index contributed by atoms with van der Waals surface area (Å²) in [5.41, 5.74) is 2.95. The van der Waals surface area contributed by atoms with Gasteiger partial charge in [-0.05, 0) is 61.7 Å². The Hall–Kier alpha value is -1.09. The molecular formula is C20H30O3. The van der Waals surface area contributed by atoms with Crippen molar-refractivity contribution < 1.29 is 14.6 Å². The van der Waals surface area contributed by atoms with Crippen molar-refractivity contribution in [1.29, 1.82) is 0 Å². The van der Waals surface area contributed by atoms with Gasteiger partial charge < -0.3 is 9.84 Å². The topological polar surface area (TPSA) is 46.5 Å². The molecule has 3 rings (SSSR count). The molecule has 4 atom stereocenters. The number of fused-ring (bicyclic) bond motifs is 1. The molecule has 2 aliphatic carbocycles. The average molecular weight is 318 g/mol. The third kappa shape index (κ3) is 2.88. The molecule has 0 aromatic heterocycles. The van der Waals surface area contributed by atoms with Crippen LogP contribution in [0, 0.1) is 22.7 Å². The molecule has 3 aliphatic rings. The van der Waals surface area contributed by atoms with E-state index in [1.54, 1.807) is 0 Å². The fourth-order valence-electron chi connectivity index (χ4n) is 5.64. The number of carbonyl (C=O) groups is 1. The fourth-order valence-corrected chi connectivity index (χ4v) is 5.64. The molecule has 128 valence electrons. The van der Waals surface area contributed by atoms with Gasteiger partial charge in [0, 0.05) is 11.6 Å². The number of aliphatic hydroxyl groups excluding tert-OH is 1. The Labute approximate surface area is 139 Å². The van der Waals surface area contributed by atoms with Gasteiger partial charge in [-0.25, -0.2) is 4.79 Å². The molecule has 0 spiro atoms. The average Bonchev–Trinajstić information content (AvgIpc) is 2.75. The molecule has 23 heavy (non-hydrogen) atoms. The highest BCUT2D eigenvalue weighted by Crippen LogP contribution is 2.60. The first kappa shape index (κ1) is 16.8. The first-order valence-electron chi connectivity index (χ1n) is 9.00. The predicted molar refractivity (Wildman–Crippen MR) is 90.5 cm³/mol. The van der Waals surface area contributed by atoms with Gasteiger partial charge in [0.2, 0.25) is 6.29 Å². The van der Waals surface area contributed by atoms with Crippen LogP contribution in [-0.2, 0) is 9.53 Å². The van der Waals surface area contributed by atoms with E-state index in [9.17, 15) is 9.90 Å². The van der Waals surface area contributed by atoms with Crippen LogP contribution in [0.3, 0.4) is 0 Å². The first-order valence-corrected chi connectivity index (χ1v) is 9.00. The van der Waals surface area contributed by atoms with E-state index in [2.05, 4.69) is 33.8 Å². The van der Waals surface area contributed by atoms with Gasteiger partial charge in [-0.2, -0.15) is 0 Å². The van der Waals surface area contributed by atoms with Gasteiger partial charge >= 0.3 is 5.97 Å². The molecule has 1 aliphatic heterocycles. The van der Waals surface area contributed by atoms with E-state index in [4.69, 9.17) is 4.74 Å². The molecule has 1 fully saturated rings. The Bertz CT molecular complexity index is 557. The molecule has 0 amide bonds. The Morgan fingerprint density at radius 2 is 2.04 bits per heavy atom. The van der Waals surface area contributed by atoms with E-state index in [-0.39, 0.29) is 0 Å². The minimum absolute atomic E-state index is 0.329. The SMILES string of the molecule is CC1=CC[C@@H]2C(C)(C)CCC[C@@]2(C)[C@@H]1CCC1=CC(=O)OC1O. The van der Waals surface area contributed by atoms with E-state index in [1.165, 1.54) is 37.3 Å². The molecular weight excluding hydrogens is 288 g/mol. The number of hydrogen-bond acceptors (Lipinski definition) is 3. The number of esters is 1. The highest BCUT2D eigenvalue weighted by Gasteiger charge is 2.51. The Morgan fingerprint density at radius 1 is 1.30 bits per heavy atom. The number of ether oxygens (including phenoxy) is 1. The van der Waals surface area contributed by atoms with Crippen molar-refractivity contribution in [3.8, 4) is 0 Å². The minimum Gasteiger partial charge on any atom is -0.429 e. The summed E-state index contributed by atoms with van der Waals surface area (Å²) < 4.78 is 4.81. The van der Waals surface area contributed by atoms with E-state index in [0.29, 0.717) is 16.7 Å². The molecule has 1 heterocycles. The molecule has 0 bridgehead atoms. The summed E-state index contributed by atoms with van der Waals surface area (Å²) in [5.74, 6) is 0.841. The van der Waals surface area contributed by atoms with Gasteiger partial charge in [0.1, 0.15) is 0 Å². The highest BCUT2D eigenvalue weighted by atomic mass is 16.6. The Morgan fingerprint density at radius 3 is 2.70 bits per heavy atom. The van der Waals surface area contributed by atoms with Crippen LogP contribution in [0.2, 0.25) is 0 Å². The van der Waals surface area contributed by atoms with Crippen LogP contribution in [0.25, 0.3) is 0 Å². The van der Waals surface area contributed by atoms with Crippen molar-refractivity contribution in [2.75, 3.05) is 0 Å². The normalized spacial score (nSPS) is 39.3. The summed E-state index contributed by atoms with van der Waals surface area (Å²) in [5, 5.41) is 9.81. The van der Waals surface area contributed by atoms with Crippen molar-refractivity contribution in [3.05, 3.63) is 23.3 Å². The number of cyclic esters (lactones) is 1. The Balaban J connectivity index is 1.80. The van der Waals surface area contributed by atoms with Crippen molar-refractivity contribution in [1.82, 2.24) is 0 Å². The summed E-state index contributed by atoms with van der Waals surface area (Å²) in [6.45, 7) is 9.59. The number of hydrogen-bond donors (Lipinski definition) is 1. The van der Waals surface area contributed by atoms with Gasteiger partial charge in [0.05, 0.1) is 0 Å². The molecule has 1 saturated carbocycles. The maximum atomic E-state index is 11.3. The van der Waals surface area contributed by atoms with E-state index < -0.39 is 12.3 Å². The van der Waals surface area contributed by atoms with Crippen LogP contribution in [0.5, 0.6) is 0 Å². The number of aliphatic hydroxyl groups is 1. The zero-order valence-corrected chi connectivity index (χ0v) is 14.9. The summed E-state index contributed by atoms with van der Waals surface area (Å²) in [6.07, 6.45) is 9.71. The maximum Gasteiger partial charge on any atom is 0.333 e. The predicted octanol–water partition coefficient (Wildman–Crippen LogP) is 4.37. The lowest BCUT2D eigenvalue weighted by atomic mass is 9.48. The van der Waals surface area contributed by atoms with Gasteiger partial charge in [0.25, 0.3) is 0 Å². The molecule has 3 nitrogen and oxygen atoms in total. The van der Waals surface area contributed by atoms with Crippen LogP contribution < -0.4 is 0 Å². The van der Waals surface area contributed by atoms with Gasteiger partial charge in [-0.15, -0.1) is 0 Å². The zero-order valence-electron chi connectivity index (χ0n) is 14.9. The molecule has 0 aromatic rings. The third-order valence-corrected chi connectivity index (χ3v) is 6.87. The standard InChI is InChI=1S/C20H30O3/c1-13-6-9-16-19(2,3)10-5-11-20(16,4)15(13)8-7-14-12-17(21)23-18(14)22/h6,12,15-16,18,22H,5,7-11H2,1-4H3/t15-,16-,18?,20+/m1/s1. The van der Waals surface area contributed by atoms with Crippen LogP contribution in [0.15, 0.2) is 23.3 Å². The van der Waals surface area contributed by atoms with Crippen LogP contribution >= 0.6 is 0 Å². The molecule has 0 radical (unpaired) electrons. The summed E-state index contributed by atoms with van der Waals surface area (Å²) in [7, 11) is 0. The van der Waals surface area contributed by atoms with Crippen LogP contribution in [0.1, 0.15) is 66.2 Å². The summed E-state index contributed by atoms with van der Waals surface area (Å²) >= 11 is 0.